The number of aromatic nitrogens is 1. The summed E-state index contributed by atoms with van der Waals surface area (Å²) in [4.78, 5) is 25.8. The van der Waals surface area contributed by atoms with Crippen LogP contribution in [0.25, 0.3) is 21.9 Å². The molecule has 0 aliphatic carbocycles. The van der Waals surface area contributed by atoms with Gasteiger partial charge in [-0.2, -0.15) is 0 Å². The van der Waals surface area contributed by atoms with E-state index in [2.05, 4.69) is 15.4 Å². The summed E-state index contributed by atoms with van der Waals surface area (Å²) in [6.45, 7) is 1.75. The second kappa shape index (κ2) is 5.57. The Morgan fingerprint density at radius 1 is 1.31 bits per heavy atom. The Morgan fingerprint density at radius 2 is 2.15 bits per heavy atom. The fourth-order valence-corrected chi connectivity index (χ4v) is 3.85. The number of rotatable bonds is 3. The second-order valence-corrected chi connectivity index (χ2v) is 6.96. The molecular formula is C18H17N3O5. The van der Waals surface area contributed by atoms with Gasteiger partial charge in [0.15, 0.2) is 5.58 Å². The van der Waals surface area contributed by atoms with Gasteiger partial charge in [-0.3, -0.25) is 14.9 Å². The van der Waals surface area contributed by atoms with Gasteiger partial charge in [-0.1, -0.05) is 5.16 Å². The van der Waals surface area contributed by atoms with E-state index in [0.29, 0.717) is 34.6 Å². The third kappa shape index (κ3) is 2.15. The van der Waals surface area contributed by atoms with Crippen LogP contribution >= 0.6 is 0 Å². The molecule has 5 rings (SSSR count). The van der Waals surface area contributed by atoms with Gasteiger partial charge >= 0.3 is 0 Å². The molecule has 2 aromatic heterocycles. The molecule has 3 aromatic rings. The molecule has 2 amide bonds. The lowest BCUT2D eigenvalue weighted by atomic mass is 9.92. The summed E-state index contributed by atoms with van der Waals surface area (Å²) in [6.07, 6.45) is 2.37. The summed E-state index contributed by atoms with van der Waals surface area (Å²) in [7, 11) is 0. The molecule has 8 heteroatoms. The second-order valence-electron chi connectivity index (χ2n) is 6.96. The van der Waals surface area contributed by atoms with E-state index in [9.17, 15) is 14.7 Å². The first kappa shape index (κ1) is 15.4. The molecule has 2 aliphatic rings. The molecule has 0 spiro atoms. The lowest BCUT2D eigenvalue weighted by Crippen LogP contribution is -2.48. The van der Waals surface area contributed by atoms with E-state index in [1.54, 1.807) is 6.26 Å². The van der Waals surface area contributed by atoms with Crippen molar-refractivity contribution in [3.8, 4) is 0 Å². The number of carbonyl (C=O) groups excluding carboxylic acids is 2. The lowest BCUT2D eigenvalue weighted by Gasteiger charge is -2.39. The zero-order valence-corrected chi connectivity index (χ0v) is 13.9. The van der Waals surface area contributed by atoms with Crippen LogP contribution < -0.4 is 10.2 Å². The van der Waals surface area contributed by atoms with Gasteiger partial charge in [0.25, 0.3) is 0 Å². The minimum atomic E-state index is -0.532. The Kier molecular flexibility index (Phi) is 3.30. The normalized spacial score (nSPS) is 21.4. The number of imide groups is 1. The van der Waals surface area contributed by atoms with Gasteiger partial charge < -0.3 is 18.9 Å². The van der Waals surface area contributed by atoms with Crippen molar-refractivity contribution in [1.82, 2.24) is 10.5 Å². The number of hydrogen-bond acceptors (Lipinski definition) is 7. The molecule has 0 radical (unpaired) electrons. The quantitative estimate of drug-likeness (QED) is 0.686. The summed E-state index contributed by atoms with van der Waals surface area (Å²) in [6, 6.07) is 3.74. The number of amides is 2. The number of piperidine rings is 1. The van der Waals surface area contributed by atoms with Crippen LogP contribution in [0.2, 0.25) is 0 Å². The van der Waals surface area contributed by atoms with Crippen molar-refractivity contribution < 1.29 is 23.6 Å². The highest BCUT2D eigenvalue weighted by Crippen LogP contribution is 2.40. The van der Waals surface area contributed by atoms with E-state index >= 15 is 0 Å². The Labute approximate surface area is 147 Å². The number of anilines is 1. The lowest BCUT2D eigenvalue weighted by molar-refractivity contribution is -0.134. The maximum atomic E-state index is 12.2. The van der Waals surface area contributed by atoms with Crippen LogP contribution in [0.3, 0.4) is 0 Å². The van der Waals surface area contributed by atoms with Gasteiger partial charge in [0, 0.05) is 37.4 Å². The summed E-state index contributed by atoms with van der Waals surface area (Å²) >= 11 is 0. The van der Waals surface area contributed by atoms with Gasteiger partial charge in [-0.15, -0.1) is 0 Å². The minimum absolute atomic E-state index is 0.182. The Bertz CT molecular complexity index is 1030. The fraction of sp³-hybridized carbons (Fsp3) is 0.389. The maximum Gasteiger partial charge on any atom is 0.235 e. The van der Waals surface area contributed by atoms with Gasteiger partial charge in [-0.25, -0.2) is 0 Å². The number of benzene rings is 1. The highest BCUT2D eigenvalue weighted by atomic mass is 16.5. The van der Waals surface area contributed by atoms with Gasteiger partial charge in [0.05, 0.1) is 17.0 Å². The number of fused-ring (bicyclic) bond motifs is 3. The van der Waals surface area contributed by atoms with Crippen LogP contribution in [-0.4, -0.2) is 41.8 Å². The SMILES string of the molecule is O=C1CCC(c2noc3ccc4c(N5CC(CO)C5)coc4c23)C(=O)N1. The smallest absolute Gasteiger partial charge is 0.235 e. The van der Waals surface area contributed by atoms with Crippen LogP contribution in [0.1, 0.15) is 24.5 Å². The van der Waals surface area contributed by atoms with Crippen LogP contribution in [-0.2, 0) is 9.59 Å². The van der Waals surface area contributed by atoms with Crippen LogP contribution in [0, 0.1) is 5.92 Å². The van der Waals surface area contributed by atoms with Crippen molar-refractivity contribution in [3.05, 3.63) is 24.1 Å². The predicted octanol–water partition coefficient (Wildman–Crippen LogP) is 1.52. The van der Waals surface area contributed by atoms with Crippen molar-refractivity contribution >= 4 is 39.4 Å². The molecular weight excluding hydrogens is 338 g/mol. The molecule has 0 saturated carbocycles. The first-order valence-corrected chi connectivity index (χ1v) is 8.64. The molecule has 2 saturated heterocycles. The average molecular weight is 355 g/mol. The maximum absolute atomic E-state index is 12.2. The highest BCUT2D eigenvalue weighted by Gasteiger charge is 2.34. The van der Waals surface area contributed by atoms with Gasteiger partial charge in [-0.05, 0) is 18.6 Å². The molecule has 2 fully saturated rings. The summed E-state index contributed by atoms with van der Waals surface area (Å²) in [5, 5.41) is 17.3. The standard InChI is InChI=1S/C18H17N3O5/c22-7-9-5-21(6-9)12-8-25-17-10(12)1-3-13-15(17)16(20-26-13)11-2-4-14(23)19-18(11)24/h1,3,8-9,11,22H,2,4-7H2,(H,19,23,24). The zero-order valence-electron chi connectivity index (χ0n) is 13.9. The number of nitrogens with zero attached hydrogens (tertiary/aromatic N) is 2. The molecule has 134 valence electrons. The number of furan rings is 1. The average Bonchev–Trinajstić information content (AvgIpc) is 3.18. The monoisotopic (exact) mass is 355 g/mol. The number of aliphatic hydroxyl groups is 1. The molecule has 0 bridgehead atoms. The number of carbonyl (C=O) groups is 2. The van der Waals surface area contributed by atoms with E-state index < -0.39 is 5.92 Å². The third-order valence-electron chi connectivity index (χ3n) is 5.31. The van der Waals surface area contributed by atoms with Crippen molar-refractivity contribution in [1.29, 1.82) is 0 Å². The highest BCUT2D eigenvalue weighted by molar-refractivity contribution is 6.10. The largest absolute Gasteiger partial charge is 0.461 e. The molecule has 1 aromatic carbocycles. The summed E-state index contributed by atoms with van der Waals surface area (Å²) < 4.78 is 11.2. The van der Waals surface area contributed by atoms with Gasteiger partial charge in [0.2, 0.25) is 11.8 Å². The topological polar surface area (TPSA) is 109 Å². The first-order valence-electron chi connectivity index (χ1n) is 8.64. The number of nitrogens with one attached hydrogen (secondary N) is 1. The first-order chi connectivity index (χ1) is 12.7. The third-order valence-corrected chi connectivity index (χ3v) is 5.31. The van der Waals surface area contributed by atoms with Crippen LogP contribution in [0.4, 0.5) is 5.69 Å². The van der Waals surface area contributed by atoms with Crippen LogP contribution in [0.5, 0.6) is 0 Å². The van der Waals surface area contributed by atoms with Crippen molar-refractivity contribution in [2.75, 3.05) is 24.6 Å². The fourth-order valence-electron chi connectivity index (χ4n) is 3.85. The van der Waals surface area contributed by atoms with Crippen molar-refractivity contribution in [2.24, 2.45) is 5.92 Å². The number of hydrogen-bond donors (Lipinski definition) is 2. The summed E-state index contributed by atoms with van der Waals surface area (Å²) in [5.41, 5.74) is 2.65. The van der Waals surface area contributed by atoms with E-state index in [4.69, 9.17) is 8.94 Å². The Balaban J connectivity index is 1.60. The van der Waals surface area contributed by atoms with Crippen molar-refractivity contribution in [3.63, 3.8) is 0 Å². The molecule has 2 N–H and O–H groups in total. The molecule has 8 nitrogen and oxygen atoms in total. The van der Waals surface area contributed by atoms with Gasteiger partial charge in [0.1, 0.15) is 17.5 Å². The number of aliphatic hydroxyl groups excluding tert-OH is 1. The predicted molar refractivity (Wildman–Crippen MR) is 91.7 cm³/mol. The van der Waals surface area contributed by atoms with Crippen molar-refractivity contribution in [2.45, 2.75) is 18.8 Å². The molecule has 2 aliphatic heterocycles. The van der Waals surface area contributed by atoms with Crippen LogP contribution in [0.15, 0.2) is 27.3 Å². The van der Waals surface area contributed by atoms with E-state index in [0.717, 1.165) is 24.2 Å². The van der Waals surface area contributed by atoms with E-state index in [1.807, 2.05) is 12.1 Å². The Hall–Kier alpha value is -2.87. The molecule has 4 heterocycles. The molecule has 1 atom stereocenters. The minimum Gasteiger partial charge on any atom is -0.461 e. The summed E-state index contributed by atoms with van der Waals surface area (Å²) in [5.74, 6) is -0.858. The van der Waals surface area contributed by atoms with E-state index in [1.165, 1.54) is 0 Å². The zero-order chi connectivity index (χ0) is 17.8. The van der Waals surface area contributed by atoms with E-state index in [-0.39, 0.29) is 24.8 Å². The Morgan fingerprint density at radius 3 is 2.92 bits per heavy atom. The molecule has 26 heavy (non-hydrogen) atoms. The molecule has 1 unspecified atom stereocenters.